The second-order valence-corrected chi connectivity index (χ2v) is 6.82. The van der Waals surface area contributed by atoms with Gasteiger partial charge in [0.25, 0.3) is 5.91 Å². The lowest BCUT2D eigenvalue weighted by atomic mass is 10.1. The van der Waals surface area contributed by atoms with Crippen molar-refractivity contribution < 1.29 is 9.53 Å². The van der Waals surface area contributed by atoms with Gasteiger partial charge in [0, 0.05) is 51.0 Å². The third-order valence-corrected chi connectivity index (χ3v) is 4.97. The minimum Gasteiger partial charge on any atom is -0.366 e. The fourth-order valence-corrected chi connectivity index (χ4v) is 3.62. The standard InChI is InChI=1S/C19H24N4O2/c24-19(21-16-6-7-18-20-8-9-23(18)13-16)17-14-22(10-11-25-17)12-15-4-2-1-3-5-15/h1-5,8-9,16-17H,6-7,10-14H2,(H,21,24). The fraction of sp³-hybridized carbons (Fsp3) is 0.474. The van der Waals surface area contributed by atoms with Gasteiger partial charge in [0.1, 0.15) is 11.9 Å². The first kappa shape index (κ1) is 16.3. The van der Waals surface area contributed by atoms with Crippen LogP contribution in [0.4, 0.5) is 0 Å². The number of fused-ring (bicyclic) bond motifs is 1. The molecule has 6 heteroatoms. The molecule has 1 fully saturated rings. The van der Waals surface area contributed by atoms with Gasteiger partial charge in [-0.05, 0) is 12.0 Å². The minimum absolute atomic E-state index is 0.00586. The van der Waals surface area contributed by atoms with Crippen LogP contribution < -0.4 is 5.32 Å². The van der Waals surface area contributed by atoms with E-state index < -0.39 is 0 Å². The zero-order valence-electron chi connectivity index (χ0n) is 14.3. The van der Waals surface area contributed by atoms with E-state index in [-0.39, 0.29) is 18.1 Å². The Morgan fingerprint density at radius 1 is 1.28 bits per heavy atom. The van der Waals surface area contributed by atoms with Gasteiger partial charge in [0.05, 0.1) is 6.61 Å². The van der Waals surface area contributed by atoms with Crippen molar-refractivity contribution >= 4 is 5.91 Å². The largest absolute Gasteiger partial charge is 0.366 e. The summed E-state index contributed by atoms with van der Waals surface area (Å²) in [4.78, 5) is 19.2. The van der Waals surface area contributed by atoms with Crippen molar-refractivity contribution in [3.63, 3.8) is 0 Å². The molecule has 2 aliphatic rings. The Kier molecular flexibility index (Phi) is 4.81. The molecule has 25 heavy (non-hydrogen) atoms. The average Bonchev–Trinajstić information content (AvgIpc) is 3.10. The van der Waals surface area contributed by atoms with Crippen LogP contribution in [-0.2, 0) is 29.0 Å². The van der Waals surface area contributed by atoms with Crippen LogP contribution in [0, 0.1) is 0 Å². The highest BCUT2D eigenvalue weighted by atomic mass is 16.5. The van der Waals surface area contributed by atoms with Crippen LogP contribution >= 0.6 is 0 Å². The number of nitrogens with one attached hydrogen (secondary N) is 1. The molecule has 1 saturated heterocycles. The lowest BCUT2D eigenvalue weighted by molar-refractivity contribution is -0.139. The Hall–Kier alpha value is -2.18. The van der Waals surface area contributed by atoms with Gasteiger partial charge in [-0.15, -0.1) is 0 Å². The van der Waals surface area contributed by atoms with Crippen molar-refractivity contribution in [1.82, 2.24) is 19.8 Å². The highest BCUT2D eigenvalue weighted by Crippen LogP contribution is 2.15. The first-order valence-electron chi connectivity index (χ1n) is 8.96. The fourth-order valence-electron chi connectivity index (χ4n) is 3.62. The summed E-state index contributed by atoms with van der Waals surface area (Å²) in [5.41, 5.74) is 1.27. The van der Waals surface area contributed by atoms with Gasteiger partial charge in [0.15, 0.2) is 0 Å². The summed E-state index contributed by atoms with van der Waals surface area (Å²) in [6.45, 7) is 3.75. The summed E-state index contributed by atoms with van der Waals surface area (Å²) in [7, 11) is 0. The molecule has 0 bridgehead atoms. The second-order valence-electron chi connectivity index (χ2n) is 6.82. The van der Waals surface area contributed by atoms with Crippen molar-refractivity contribution in [2.24, 2.45) is 0 Å². The number of nitrogens with zero attached hydrogens (tertiary/aromatic N) is 3. The Morgan fingerprint density at radius 2 is 2.16 bits per heavy atom. The number of carbonyl (C=O) groups excluding carboxylic acids is 1. The molecule has 1 aromatic carbocycles. The summed E-state index contributed by atoms with van der Waals surface area (Å²) in [6.07, 6.45) is 5.26. The molecule has 1 N–H and O–H groups in total. The Labute approximate surface area is 147 Å². The number of rotatable bonds is 4. The number of carbonyl (C=O) groups is 1. The number of imidazole rings is 1. The summed E-state index contributed by atoms with van der Waals surface area (Å²) >= 11 is 0. The van der Waals surface area contributed by atoms with E-state index in [1.165, 1.54) is 5.56 Å². The van der Waals surface area contributed by atoms with Gasteiger partial charge in [-0.3, -0.25) is 9.69 Å². The quantitative estimate of drug-likeness (QED) is 0.909. The normalized spacial score (nSPS) is 23.8. The number of hydrogen-bond acceptors (Lipinski definition) is 4. The van der Waals surface area contributed by atoms with Gasteiger partial charge in [-0.25, -0.2) is 4.98 Å². The van der Waals surface area contributed by atoms with Gasteiger partial charge < -0.3 is 14.6 Å². The summed E-state index contributed by atoms with van der Waals surface area (Å²) in [5, 5.41) is 3.16. The molecular weight excluding hydrogens is 316 g/mol. The van der Waals surface area contributed by atoms with Gasteiger partial charge in [-0.1, -0.05) is 30.3 Å². The first-order valence-corrected chi connectivity index (χ1v) is 8.96. The predicted octanol–water partition coefficient (Wildman–Crippen LogP) is 1.22. The first-order chi connectivity index (χ1) is 12.3. The smallest absolute Gasteiger partial charge is 0.250 e. The van der Waals surface area contributed by atoms with E-state index in [1.807, 2.05) is 30.6 Å². The van der Waals surface area contributed by atoms with Crippen molar-refractivity contribution in [2.45, 2.75) is 38.1 Å². The molecule has 0 spiro atoms. The van der Waals surface area contributed by atoms with E-state index in [9.17, 15) is 4.79 Å². The number of hydrogen-bond donors (Lipinski definition) is 1. The molecule has 4 rings (SSSR count). The van der Waals surface area contributed by atoms with E-state index in [4.69, 9.17) is 4.74 Å². The van der Waals surface area contributed by atoms with Crippen LogP contribution in [0.2, 0.25) is 0 Å². The number of benzene rings is 1. The molecule has 0 saturated carbocycles. The average molecular weight is 340 g/mol. The van der Waals surface area contributed by atoms with Crippen LogP contribution in [0.1, 0.15) is 17.8 Å². The molecule has 6 nitrogen and oxygen atoms in total. The van der Waals surface area contributed by atoms with E-state index in [2.05, 4.69) is 31.9 Å². The zero-order chi connectivity index (χ0) is 17.1. The van der Waals surface area contributed by atoms with E-state index in [0.29, 0.717) is 13.2 Å². The summed E-state index contributed by atoms with van der Waals surface area (Å²) in [6, 6.07) is 10.5. The number of aromatic nitrogens is 2. The van der Waals surface area contributed by atoms with Crippen LogP contribution in [0.3, 0.4) is 0 Å². The molecule has 1 amide bonds. The van der Waals surface area contributed by atoms with Gasteiger partial charge in [-0.2, -0.15) is 0 Å². The minimum atomic E-state index is -0.387. The second kappa shape index (κ2) is 7.37. The van der Waals surface area contributed by atoms with Gasteiger partial charge in [0.2, 0.25) is 0 Å². The van der Waals surface area contributed by atoms with Crippen LogP contribution in [0.5, 0.6) is 0 Å². The molecule has 2 aromatic rings. The van der Waals surface area contributed by atoms with Crippen molar-refractivity contribution in [2.75, 3.05) is 19.7 Å². The maximum Gasteiger partial charge on any atom is 0.250 e. The lowest BCUT2D eigenvalue weighted by Crippen LogP contribution is -2.52. The highest BCUT2D eigenvalue weighted by molar-refractivity contribution is 5.81. The number of ether oxygens (including phenoxy) is 1. The molecule has 132 valence electrons. The van der Waals surface area contributed by atoms with Crippen molar-refractivity contribution in [3.05, 3.63) is 54.1 Å². The van der Waals surface area contributed by atoms with Crippen LogP contribution in [0.15, 0.2) is 42.7 Å². The Balaban J connectivity index is 1.31. The molecule has 2 unspecified atom stereocenters. The van der Waals surface area contributed by atoms with Gasteiger partial charge >= 0.3 is 0 Å². The van der Waals surface area contributed by atoms with Crippen molar-refractivity contribution in [1.29, 1.82) is 0 Å². The monoisotopic (exact) mass is 340 g/mol. The molecule has 2 aliphatic heterocycles. The van der Waals surface area contributed by atoms with E-state index in [0.717, 1.165) is 38.3 Å². The molecule has 2 atom stereocenters. The number of aryl methyl sites for hydroxylation is 1. The maximum absolute atomic E-state index is 12.6. The third-order valence-electron chi connectivity index (χ3n) is 4.97. The summed E-state index contributed by atoms with van der Waals surface area (Å²) in [5.74, 6) is 1.11. The third kappa shape index (κ3) is 3.91. The maximum atomic E-state index is 12.6. The predicted molar refractivity (Wildman–Crippen MR) is 93.9 cm³/mol. The van der Waals surface area contributed by atoms with Crippen molar-refractivity contribution in [3.8, 4) is 0 Å². The molecule has 0 aliphatic carbocycles. The topological polar surface area (TPSA) is 59.4 Å². The summed E-state index contributed by atoms with van der Waals surface area (Å²) < 4.78 is 7.85. The Morgan fingerprint density at radius 3 is 3.04 bits per heavy atom. The zero-order valence-corrected chi connectivity index (χ0v) is 14.3. The molecule has 0 radical (unpaired) electrons. The SMILES string of the molecule is O=C(NC1CCc2nccn2C1)C1CN(Cc2ccccc2)CCO1. The molecular formula is C19H24N4O2. The number of amides is 1. The lowest BCUT2D eigenvalue weighted by Gasteiger charge is -2.33. The Bertz CT molecular complexity index is 715. The highest BCUT2D eigenvalue weighted by Gasteiger charge is 2.29. The van der Waals surface area contributed by atoms with E-state index in [1.54, 1.807) is 0 Å². The molecule has 1 aromatic heterocycles. The molecule has 3 heterocycles. The number of morpholine rings is 1. The van der Waals surface area contributed by atoms with Crippen LogP contribution in [0.25, 0.3) is 0 Å². The van der Waals surface area contributed by atoms with E-state index >= 15 is 0 Å². The van der Waals surface area contributed by atoms with Crippen LogP contribution in [-0.4, -0.2) is 52.2 Å².